The summed E-state index contributed by atoms with van der Waals surface area (Å²) in [6.45, 7) is 0.181. The van der Waals surface area contributed by atoms with E-state index in [0.717, 1.165) is 0 Å². The number of aliphatic carboxylic acids is 1. The minimum atomic E-state index is -1.15. The van der Waals surface area contributed by atoms with Crippen molar-refractivity contribution >= 4 is 23.1 Å². The molecule has 0 bridgehead atoms. The number of carbonyl (C=O) groups is 2. The maximum absolute atomic E-state index is 11.3. The highest BCUT2D eigenvalue weighted by atomic mass is 16.6. The van der Waals surface area contributed by atoms with E-state index >= 15 is 0 Å². The van der Waals surface area contributed by atoms with E-state index in [1.54, 1.807) is 6.07 Å². The van der Waals surface area contributed by atoms with Gasteiger partial charge in [0.2, 0.25) is 0 Å². The third-order valence-corrected chi connectivity index (χ3v) is 3.10. The lowest BCUT2D eigenvalue weighted by atomic mass is 9.99. The molecule has 0 aromatic heterocycles. The first-order valence-electron chi connectivity index (χ1n) is 5.75. The van der Waals surface area contributed by atoms with Gasteiger partial charge in [-0.3, -0.25) is 14.9 Å². The first kappa shape index (κ1) is 13.0. The van der Waals surface area contributed by atoms with Crippen LogP contribution in [0.4, 0.5) is 11.4 Å². The Hall–Kier alpha value is -2.44. The molecular weight excluding hydrogens is 252 g/mol. The number of nitro benzene ring substituents is 1. The summed E-state index contributed by atoms with van der Waals surface area (Å²) in [5, 5.41) is 20.1. The third-order valence-electron chi connectivity index (χ3n) is 3.10. The minimum absolute atomic E-state index is 0.124. The molecule has 0 spiro atoms. The van der Waals surface area contributed by atoms with Crippen LogP contribution >= 0.6 is 0 Å². The Kier molecular flexibility index (Phi) is 3.46. The summed E-state index contributed by atoms with van der Waals surface area (Å²) in [7, 11) is 0. The standard InChI is InChI=1S/C12H12N2O5/c15-8-5-6-13(11(7-8)12(16)17)9-3-1-2-4-10(9)14(18)19/h1-4,11H,5-7H2,(H,16,17). The van der Waals surface area contributed by atoms with E-state index in [1.807, 2.05) is 0 Å². The number of hydrogen-bond donors (Lipinski definition) is 1. The molecule has 1 N–H and O–H groups in total. The number of nitrogens with zero attached hydrogens (tertiary/aromatic N) is 2. The van der Waals surface area contributed by atoms with Crippen LogP contribution in [-0.2, 0) is 9.59 Å². The molecule has 0 aliphatic carbocycles. The molecule has 1 saturated heterocycles. The number of para-hydroxylation sites is 2. The second kappa shape index (κ2) is 5.05. The van der Waals surface area contributed by atoms with Crippen molar-refractivity contribution in [3.05, 3.63) is 34.4 Å². The molecule has 100 valence electrons. The Labute approximate surface area is 108 Å². The van der Waals surface area contributed by atoms with E-state index in [1.165, 1.54) is 23.1 Å². The average Bonchev–Trinajstić information content (AvgIpc) is 2.38. The van der Waals surface area contributed by atoms with Gasteiger partial charge in [-0.2, -0.15) is 0 Å². The fourth-order valence-electron chi connectivity index (χ4n) is 2.20. The van der Waals surface area contributed by atoms with Crippen LogP contribution in [0.25, 0.3) is 0 Å². The zero-order valence-corrected chi connectivity index (χ0v) is 9.98. The Bertz CT molecular complexity index is 543. The van der Waals surface area contributed by atoms with Crippen LogP contribution in [0.15, 0.2) is 24.3 Å². The van der Waals surface area contributed by atoms with Crippen LogP contribution < -0.4 is 4.90 Å². The van der Waals surface area contributed by atoms with Gasteiger partial charge in [0, 0.05) is 25.5 Å². The van der Waals surface area contributed by atoms with E-state index in [0.29, 0.717) is 0 Å². The molecular formula is C12H12N2O5. The lowest BCUT2D eigenvalue weighted by Gasteiger charge is -2.33. The first-order valence-corrected chi connectivity index (χ1v) is 5.75. The quantitative estimate of drug-likeness (QED) is 0.650. The van der Waals surface area contributed by atoms with Crippen LogP contribution in [-0.4, -0.2) is 34.4 Å². The van der Waals surface area contributed by atoms with Crippen molar-refractivity contribution in [2.75, 3.05) is 11.4 Å². The monoisotopic (exact) mass is 264 g/mol. The molecule has 1 aromatic carbocycles. The predicted molar refractivity (Wildman–Crippen MR) is 66.1 cm³/mol. The van der Waals surface area contributed by atoms with Gasteiger partial charge in [-0.15, -0.1) is 0 Å². The fraction of sp³-hybridized carbons (Fsp3) is 0.333. The molecule has 0 amide bonds. The van der Waals surface area contributed by atoms with Crippen LogP contribution in [0.2, 0.25) is 0 Å². The summed E-state index contributed by atoms with van der Waals surface area (Å²) >= 11 is 0. The number of carboxylic acids is 1. The molecule has 0 radical (unpaired) electrons. The Morgan fingerprint density at radius 1 is 1.42 bits per heavy atom. The maximum atomic E-state index is 11.3. The average molecular weight is 264 g/mol. The number of benzene rings is 1. The number of ketones is 1. The zero-order chi connectivity index (χ0) is 14.0. The van der Waals surface area contributed by atoms with Crippen LogP contribution in [0.3, 0.4) is 0 Å². The lowest BCUT2D eigenvalue weighted by molar-refractivity contribution is -0.384. The highest BCUT2D eigenvalue weighted by molar-refractivity contribution is 5.91. The smallest absolute Gasteiger partial charge is 0.326 e. The number of carboxylic acid groups (broad SMARTS) is 1. The molecule has 1 aliphatic rings. The van der Waals surface area contributed by atoms with Crippen LogP contribution in [0.5, 0.6) is 0 Å². The predicted octanol–water partition coefficient (Wildman–Crippen LogP) is 1.22. The van der Waals surface area contributed by atoms with Gasteiger partial charge in [0.25, 0.3) is 5.69 Å². The van der Waals surface area contributed by atoms with Gasteiger partial charge in [-0.05, 0) is 6.07 Å². The molecule has 7 heteroatoms. The molecule has 2 rings (SSSR count). The van der Waals surface area contributed by atoms with E-state index < -0.39 is 16.9 Å². The maximum Gasteiger partial charge on any atom is 0.326 e. The molecule has 1 aromatic rings. The number of hydrogen-bond acceptors (Lipinski definition) is 5. The van der Waals surface area contributed by atoms with Gasteiger partial charge in [0.15, 0.2) is 0 Å². The van der Waals surface area contributed by atoms with Gasteiger partial charge in [0.1, 0.15) is 17.5 Å². The van der Waals surface area contributed by atoms with Crippen molar-refractivity contribution in [1.82, 2.24) is 0 Å². The highest BCUT2D eigenvalue weighted by Crippen LogP contribution is 2.31. The molecule has 1 atom stereocenters. The van der Waals surface area contributed by atoms with Crippen molar-refractivity contribution in [2.45, 2.75) is 18.9 Å². The van der Waals surface area contributed by atoms with Gasteiger partial charge >= 0.3 is 5.97 Å². The number of rotatable bonds is 3. The fourth-order valence-corrected chi connectivity index (χ4v) is 2.20. The molecule has 7 nitrogen and oxygen atoms in total. The van der Waals surface area contributed by atoms with E-state index in [9.17, 15) is 19.7 Å². The summed E-state index contributed by atoms with van der Waals surface area (Å²) < 4.78 is 0. The minimum Gasteiger partial charge on any atom is -0.480 e. The second-order valence-electron chi connectivity index (χ2n) is 4.29. The molecule has 1 heterocycles. The van der Waals surface area contributed by atoms with Gasteiger partial charge in [-0.1, -0.05) is 12.1 Å². The summed E-state index contributed by atoms with van der Waals surface area (Å²) in [5.74, 6) is -1.28. The number of nitro groups is 1. The Balaban J connectivity index is 2.41. The largest absolute Gasteiger partial charge is 0.480 e. The third kappa shape index (κ3) is 2.54. The summed E-state index contributed by atoms with van der Waals surface area (Å²) in [6, 6.07) is 4.92. The second-order valence-corrected chi connectivity index (χ2v) is 4.29. The topological polar surface area (TPSA) is 101 Å². The van der Waals surface area contributed by atoms with E-state index in [4.69, 9.17) is 5.11 Å². The normalized spacial score (nSPS) is 19.3. The number of carbonyl (C=O) groups excluding carboxylic acids is 1. The number of anilines is 1. The Morgan fingerprint density at radius 3 is 2.74 bits per heavy atom. The lowest BCUT2D eigenvalue weighted by Crippen LogP contribution is -2.47. The van der Waals surface area contributed by atoms with Gasteiger partial charge in [-0.25, -0.2) is 4.79 Å². The van der Waals surface area contributed by atoms with Gasteiger partial charge < -0.3 is 10.0 Å². The zero-order valence-electron chi connectivity index (χ0n) is 9.98. The van der Waals surface area contributed by atoms with Crippen molar-refractivity contribution in [1.29, 1.82) is 0 Å². The number of Topliss-reactive ketones (excluding diaryl/α,β-unsaturated/α-hetero) is 1. The van der Waals surface area contributed by atoms with Crippen LogP contribution in [0, 0.1) is 10.1 Å². The van der Waals surface area contributed by atoms with E-state index in [2.05, 4.69) is 0 Å². The SMILES string of the molecule is O=C1CCN(c2ccccc2[N+](=O)[O-])C(C(=O)O)C1. The molecule has 19 heavy (non-hydrogen) atoms. The molecule has 1 unspecified atom stereocenters. The first-order chi connectivity index (χ1) is 9.00. The van der Waals surface area contributed by atoms with Crippen LogP contribution in [0.1, 0.15) is 12.8 Å². The Morgan fingerprint density at radius 2 is 2.11 bits per heavy atom. The summed E-state index contributed by atoms with van der Waals surface area (Å²) in [4.78, 5) is 34.4. The van der Waals surface area contributed by atoms with E-state index in [-0.39, 0.29) is 36.5 Å². The molecule has 1 aliphatic heterocycles. The van der Waals surface area contributed by atoms with Crippen molar-refractivity contribution in [3.63, 3.8) is 0 Å². The van der Waals surface area contributed by atoms with Crippen molar-refractivity contribution in [3.8, 4) is 0 Å². The summed E-state index contributed by atoms with van der Waals surface area (Å²) in [6.07, 6.45) is 0.0806. The highest BCUT2D eigenvalue weighted by Gasteiger charge is 2.35. The molecule has 0 saturated carbocycles. The molecule has 1 fully saturated rings. The van der Waals surface area contributed by atoms with Gasteiger partial charge in [0.05, 0.1) is 4.92 Å². The van der Waals surface area contributed by atoms with Crippen molar-refractivity contribution in [2.24, 2.45) is 0 Å². The number of piperidine rings is 1. The van der Waals surface area contributed by atoms with Crippen molar-refractivity contribution < 1.29 is 19.6 Å². The summed E-state index contributed by atoms with van der Waals surface area (Å²) in [5.41, 5.74) is 0.0931.